The second-order valence-corrected chi connectivity index (χ2v) is 7.00. The summed E-state index contributed by atoms with van der Waals surface area (Å²) >= 11 is 4.85. The Morgan fingerprint density at radius 3 is 2.50 bits per heavy atom. The van der Waals surface area contributed by atoms with E-state index in [0.29, 0.717) is 10.8 Å². The summed E-state index contributed by atoms with van der Waals surface area (Å²) in [7, 11) is 0. The van der Waals surface area contributed by atoms with E-state index < -0.39 is 0 Å². The fourth-order valence-electron chi connectivity index (χ4n) is 2.20. The molecule has 0 unspecified atom stereocenters. The molecule has 3 rings (SSSR count). The first-order chi connectivity index (χ1) is 11.7. The topological polar surface area (TPSA) is 34.9 Å². The van der Waals surface area contributed by atoms with Gasteiger partial charge in [0.15, 0.2) is 5.03 Å². The molecule has 0 saturated carbocycles. The minimum Gasteiger partial charge on any atom is -0.280 e. The minimum absolute atomic E-state index is 0.104. The van der Waals surface area contributed by atoms with Gasteiger partial charge >= 0.3 is 0 Å². The molecule has 2 aromatic carbocycles. The molecule has 1 aromatic heterocycles. The van der Waals surface area contributed by atoms with Crippen molar-refractivity contribution in [1.29, 1.82) is 0 Å². The number of rotatable bonds is 5. The van der Waals surface area contributed by atoms with Crippen LogP contribution in [-0.2, 0) is 5.75 Å². The van der Waals surface area contributed by atoms with E-state index in [0.717, 1.165) is 21.3 Å². The van der Waals surface area contributed by atoms with E-state index in [4.69, 9.17) is 0 Å². The predicted molar refractivity (Wildman–Crippen MR) is 104 cm³/mol. The zero-order chi connectivity index (χ0) is 16.9. The van der Waals surface area contributed by atoms with Crippen LogP contribution in [0.25, 0.3) is 11.8 Å². The quantitative estimate of drug-likeness (QED) is 0.571. The number of benzene rings is 2. The van der Waals surface area contributed by atoms with Crippen molar-refractivity contribution in [3.63, 3.8) is 0 Å². The molecule has 5 heteroatoms. The maximum atomic E-state index is 12.6. The number of nitrogens with zero attached hydrogens (tertiary/aromatic N) is 2. The summed E-state index contributed by atoms with van der Waals surface area (Å²) in [6, 6.07) is 15.7. The van der Waals surface area contributed by atoms with E-state index in [9.17, 15) is 4.79 Å². The summed E-state index contributed by atoms with van der Waals surface area (Å²) in [6.45, 7) is 3.75. The van der Waals surface area contributed by atoms with Gasteiger partial charge in [0.1, 0.15) is 0 Å². The Morgan fingerprint density at radius 2 is 1.83 bits per heavy atom. The molecule has 120 valence electrons. The van der Waals surface area contributed by atoms with Crippen LogP contribution >= 0.6 is 27.7 Å². The molecule has 0 aliphatic heterocycles. The SMILES string of the molecule is C=Cc1ccc(CSc2nccn(-c3ccc(Br)cc3)c2=O)cc1. The summed E-state index contributed by atoms with van der Waals surface area (Å²) in [5, 5.41) is 0.494. The van der Waals surface area contributed by atoms with E-state index in [-0.39, 0.29) is 5.56 Å². The van der Waals surface area contributed by atoms with E-state index in [1.165, 1.54) is 11.8 Å². The maximum absolute atomic E-state index is 12.6. The highest BCUT2D eigenvalue weighted by Gasteiger charge is 2.07. The Kier molecular flexibility index (Phi) is 5.33. The molecule has 0 amide bonds. The van der Waals surface area contributed by atoms with E-state index in [1.807, 2.05) is 54.6 Å². The molecular weight excluding hydrogens is 384 g/mol. The monoisotopic (exact) mass is 398 g/mol. The van der Waals surface area contributed by atoms with Gasteiger partial charge in [0.25, 0.3) is 5.56 Å². The molecule has 0 N–H and O–H groups in total. The number of halogens is 1. The molecule has 3 nitrogen and oxygen atoms in total. The molecule has 1 heterocycles. The van der Waals surface area contributed by atoms with Crippen molar-refractivity contribution in [3.8, 4) is 5.69 Å². The average molecular weight is 399 g/mol. The lowest BCUT2D eigenvalue weighted by Gasteiger charge is -2.07. The van der Waals surface area contributed by atoms with Gasteiger partial charge in [0.2, 0.25) is 0 Å². The standard InChI is InChI=1S/C19H15BrN2OS/c1-2-14-3-5-15(6-4-14)13-24-18-19(23)22(12-11-21-18)17-9-7-16(20)8-10-17/h2-12H,1,13H2. The van der Waals surface area contributed by atoms with Crippen LogP contribution in [0.4, 0.5) is 0 Å². The van der Waals surface area contributed by atoms with Crippen LogP contribution in [0.15, 0.2) is 81.8 Å². The van der Waals surface area contributed by atoms with Crippen LogP contribution in [-0.4, -0.2) is 9.55 Å². The molecule has 0 bridgehead atoms. The van der Waals surface area contributed by atoms with Crippen LogP contribution in [0, 0.1) is 0 Å². The van der Waals surface area contributed by atoms with Crippen molar-refractivity contribution in [2.24, 2.45) is 0 Å². The van der Waals surface area contributed by atoms with Gasteiger partial charge in [0, 0.05) is 28.3 Å². The first kappa shape index (κ1) is 16.7. The molecule has 24 heavy (non-hydrogen) atoms. The van der Waals surface area contributed by atoms with Gasteiger partial charge in [-0.1, -0.05) is 64.6 Å². The predicted octanol–water partition coefficient (Wildman–Crippen LogP) is 4.93. The molecule has 0 aliphatic rings. The van der Waals surface area contributed by atoms with Crippen LogP contribution in [0.5, 0.6) is 0 Å². The Balaban J connectivity index is 1.81. The Bertz CT molecular complexity index is 902. The normalized spacial score (nSPS) is 10.5. The third-order valence-electron chi connectivity index (χ3n) is 3.51. The van der Waals surface area contributed by atoms with Crippen LogP contribution in [0.2, 0.25) is 0 Å². The van der Waals surface area contributed by atoms with E-state index in [2.05, 4.69) is 27.5 Å². The van der Waals surface area contributed by atoms with Gasteiger partial charge in [-0.25, -0.2) is 4.98 Å². The maximum Gasteiger partial charge on any atom is 0.287 e. The van der Waals surface area contributed by atoms with Crippen molar-refractivity contribution in [2.75, 3.05) is 0 Å². The van der Waals surface area contributed by atoms with Crippen molar-refractivity contribution in [3.05, 3.63) is 93.5 Å². The zero-order valence-corrected chi connectivity index (χ0v) is 15.3. The highest BCUT2D eigenvalue weighted by Crippen LogP contribution is 2.19. The van der Waals surface area contributed by atoms with E-state index in [1.54, 1.807) is 17.0 Å². The van der Waals surface area contributed by atoms with E-state index >= 15 is 0 Å². The third kappa shape index (κ3) is 3.86. The second-order valence-electron chi connectivity index (χ2n) is 5.12. The Hall–Kier alpha value is -2.11. The highest BCUT2D eigenvalue weighted by atomic mass is 79.9. The number of hydrogen-bond donors (Lipinski definition) is 0. The van der Waals surface area contributed by atoms with Gasteiger partial charge < -0.3 is 0 Å². The number of hydrogen-bond acceptors (Lipinski definition) is 3. The lowest BCUT2D eigenvalue weighted by molar-refractivity contribution is 0.882. The van der Waals surface area contributed by atoms with Crippen LogP contribution in [0.1, 0.15) is 11.1 Å². The second kappa shape index (κ2) is 7.64. The van der Waals surface area contributed by atoms with Gasteiger partial charge in [-0.2, -0.15) is 0 Å². The smallest absolute Gasteiger partial charge is 0.280 e. The molecule has 0 saturated heterocycles. The molecule has 3 aromatic rings. The largest absolute Gasteiger partial charge is 0.287 e. The summed E-state index contributed by atoms with van der Waals surface area (Å²) in [6.07, 6.45) is 5.16. The first-order valence-corrected chi connectivity index (χ1v) is 9.13. The average Bonchev–Trinajstić information content (AvgIpc) is 2.62. The van der Waals surface area contributed by atoms with Crippen LogP contribution in [0.3, 0.4) is 0 Å². The third-order valence-corrected chi connectivity index (χ3v) is 5.06. The first-order valence-electron chi connectivity index (χ1n) is 7.35. The van der Waals surface area contributed by atoms with Gasteiger partial charge in [-0.05, 0) is 35.4 Å². The fourth-order valence-corrected chi connectivity index (χ4v) is 3.32. The summed E-state index contributed by atoms with van der Waals surface area (Å²) in [5.41, 5.74) is 2.94. The van der Waals surface area contributed by atoms with Gasteiger partial charge in [-0.15, -0.1) is 0 Å². The van der Waals surface area contributed by atoms with Gasteiger partial charge in [-0.3, -0.25) is 9.36 Å². The highest BCUT2D eigenvalue weighted by molar-refractivity contribution is 9.10. The molecule has 0 spiro atoms. The molecule has 0 aliphatic carbocycles. The summed E-state index contributed by atoms with van der Waals surface area (Å²) < 4.78 is 2.59. The molecular formula is C19H15BrN2OS. The number of aromatic nitrogens is 2. The molecule has 0 atom stereocenters. The zero-order valence-electron chi connectivity index (χ0n) is 12.9. The van der Waals surface area contributed by atoms with Gasteiger partial charge in [0.05, 0.1) is 0 Å². The van der Waals surface area contributed by atoms with Crippen LogP contribution < -0.4 is 5.56 Å². The van der Waals surface area contributed by atoms with Crippen molar-refractivity contribution < 1.29 is 0 Å². The molecule has 0 radical (unpaired) electrons. The molecule has 0 fully saturated rings. The lowest BCUT2D eigenvalue weighted by atomic mass is 10.1. The summed E-state index contributed by atoms with van der Waals surface area (Å²) in [5.74, 6) is 0.698. The lowest BCUT2D eigenvalue weighted by Crippen LogP contribution is -2.20. The number of thioether (sulfide) groups is 1. The fraction of sp³-hybridized carbons (Fsp3) is 0.0526. The van der Waals surface area contributed by atoms with Crippen molar-refractivity contribution in [1.82, 2.24) is 9.55 Å². The van der Waals surface area contributed by atoms with Crippen molar-refractivity contribution >= 4 is 33.8 Å². The van der Waals surface area contributed by atoms with Crippen molar-refractivity contribution in [2.45, 2.75) is 10.8 Å². The summed E-state index contributed by atoms with van der Waals surface area (Å²) in [4.78, 5) is 16.9. The minimum atomic E-state index is -0.104. The Morgan fingerprint density at radius 1 is 1.12 bits per heavy atom. The Labute approximate surface area is 153 Å².